The minimum atomic E-state index is 0.235. The predicted molar refractivity (Wildman–Crippen MR) is 145 cm³/mol. The van der Waals surface area contributed by atoms with Crippen LogP contribution in [0.4, 0.5) is 11.4 Å². The summed E-state index contributed by atoms with van der Waals surface area (Å²) in [5.74, 6) is 0.235. The number of fused-ring (bicyclic) bond motifs is 2. The van der Waals surface area contributed by atoms with Crippen molar-refractivity contribution >= 4 is 29.3 Å². The maximum atomic E-state index is 13.7. The number of benzene rings is 2. The van der Waals surface area contributed by atoms with Crippen LogP contribution < -0.4 is 14.7 Å². The number of carbonyl (C=O) groups excluding carboxylic acids is 1. The van der Waals surface area contributed by atoms with E-state index >= 15 is 0 Å². The van der Waals surface area contributed by atoms with Crippen LogP contribution in [0.25, 0.3) is 12.2 Å². The molecule has 2 fully saturated rings. The zero-order valence-corrected chi connectivity index (χ0v) is 21.5. The number of rotatable bonds is 8. The van der Waals surface area contributed by atoms with Crippen molar-refractivity contribution < 1.29 is 9.69 Å². The van der Waals surface area contributed by atoms with Crippen molar-refractivity contribution in [2.75, 3.05) is 43.0 Å². The van der Waals surface area contributed by atoms with Crippen molar-refractivity contribution in [3.8, 4) is 0 Å². The van der Waals surface area contributed by atoms with Crippen molar-refractivity contribution in [3.05, 3.63) is 70.8 Å². The van der Waals surface area contributed by atoms with E-state index < -0.39 is 0 Å². The maximum Gasteiger partial charge on any atom is 0.196 e. The van der Waals surface area contributed by atoms with Gasteiger partial charge in [-0.3, -0.25) is 4.79 Å². The zero-order chi connectivity index (χ0) is 24.2. The van der Waals surface area contributed by atoms with Crippen LogP contribution in [0.2, 0.25) is 0 Å². The maximum absolute atomic E-state index is 13.7. The fraction of sp³-hybridized carbons (Fsp3) is 0.433. The highest BCUT2D eigenvalue weighted by atomic mass is 16.1. The first-order valence-corrected chi connectivity index (χ1v) is 13.0. The van der Waals surface area contributed by atoms with E-state index in [2.05, 4.69) is 105 Å². The van der Waals surface area contributed by atoms with Gasteiger partial charge in [0.2, 0.25) is 0 Å². The third kappa shape index (κ3) is 4.69. The number of nitrogens with one attached hydrogen (secondary N) is 1. The molecule has 2 aromatic rings. The Balaban J connectivity index is 1.63. The Labute approximate surface area is 205 Å². The number of quaternary nitrogens is 1. The lowest BCUT2D eigenvalue weighted by molar-refractivity contribution is -0.906. The molecule has 4 nitrogen and oxygen atoms in total. The molecule has 2 saturated heterocycles. The summed E-state index contributed by atoms with van der Waals surface area (Å²) in [4.78, 5) is 19.8. The van der Waals surface area contributed by atoms with Gasteiger partial charge in [-0.2, -0.15) is 0 Å². The second-order valence-corrected chi connectivity index (χ2v) is 9.48. The molecule has 0 aromatic heterocycles. The zero-order valence-electron chi connectivity index (χ0n) is 21.5. The summed E-state index contributed by atoms with van der Waals surface area (Å²) < 4.78 is 0. The van der Waals surface area contributed by atoms with E-state index in [1.165, 1.54) is 16.3 Å². The van der Waals surface area contributed by atoms with Crippen LogP contribution in [0.1, 0.15) is 51.7 Å². The fourth-order valence-corrected chi connectivity index (χ4v) is 5.75. The summed E-state index contributed by atoms with van der Waals surface area (Å²) in [5.41, 5.74) is 6.63. The summed E-state index contributed by atoms with van der Waals surface area (Å²) in [6.45, 7) is 12.7. The van der Waals surface area contributed by atoms with Gasteiger partial charge >= 0.3 is 0 Å². The number of nitrogens with zero attached hydrogens (tertiary/aromatic N) is 2. The van der Waals surface area contributed by atoms with Crippen molar-refractivity contribution in [1.82, 2.24) is 0 Å². The molecule has 2 aliphatic rings. The molecule has 1 N–H and O–H groups in total. The van der Waals surface area contributed by atoms with E-state index in [1.54, 1.807) is 0 Å². The van der Waals surface area contributed by atoms with Gasteiger partial charge in [0.05, 0.1) is 18.2 Å². The predicted octanol–water partition coefficient (Wildman–Crippen LogP) is 4.47. The number of carbonyl (C=O) groups is 1. The number of hydrogen-bond donors (Lipinski definition) is 1. The van der Waals surface area contributed by atoms with Crippen LogP contribution in [-0.2, 0) is 4.79 Å². The second kappa shape index (κ2) is 10.6. The molecule has 2 heterocycles. The molecule has 4 heteroatoms. The fourth-order valence-electron chi connectivity index (χ4n) is 5.75. The number of likely N-dealkylation sites (N-methyl/N-ethyl adjacent to an activating group) is 1. The third-order valence-corrected chi connectivity index (χ3v) is 7.81. The van der Waals surface area contributed by atoms with Crippen molar-refractivity contribution in [1.29, 1.82) is 0 Å². The molecule has 0 saturated carbocycles. The molecule has 180 valence electrons. The highest BCUT2D eigenvalue weighted by molar-refractivity contribution is 6.15. The summed E-state index contributed by atoms with van der Waals surface area (Å²) in [6, 6.07) is 17.9. The minimum Gasteiger partial charge on any atom is -0.372 e. The number of hydrogen-bond acceptors (Lipinski definition) is 3. The van der Waals surface area contributed by atoms with E-state index in [-0.39, 0.29) is 5.78 Å². The van der Waals surface area contributed by atoms with E-state index in [1.807, 2.05) is 0 Å². The van der Waals surface area contributed by atoms with Gasteiger partial charge in [0.25, 0.3) is 0 Å². The van der Waals surface area contributed by atoms with Gasteiger partial charge in [-0.25, -0.2) is 0 Å². The average Bonchev–Trinajstić information content (AvgIpc) is 3.18. The van der Waals surface area contributed by atoms with Gasteiger partial charge in [-0.1, -0.05) is 24.3 Å². The largest absolute Gasteiger partial charge is 0.372 e. The first-order valence-electron chi connectivity index (χ1n) is 13.0. The van der Waals surface area contributed by atoms with Crippen molar-refractivity contribution in [2.24, 2.45) is 0 Å². The Morgan fingerprint density at radius 3 is 1.38 bits per heavy atom. The summed E-state index contributed by atoms with van der Waals surface area (Å²) in [6.07, 6.45) is 6.43. The lowest BCUT2D eigenvalue weighted by atomic mass is 9.88. The van der Waals surface area contributed by atoms with Gasteiger partial charge in [-0.05, 0) is 75.2 Å². The topological polar surface area (TPSA) is 28.0 Å². The standard InChI is InChI=1S/C30H39N3O/c1-6-32(7-2)24-14-10-22(11-15-24)20-26-28-18-19-29(31(28)5)27(30(26)34)21-23-12-16-25(17-13-23)33(8-3)9-4/h10-17,20-21,28-29H,6-9,18-19H2,1-5H3/p+1/b26-20-,27-21-/t28-,29+. The quantitative estimate of drug-likeness (QED) is 0.592. The van der Waals surface area contributed by atoms with E-state index in [0.29, 0.717) is 12.1 Å². The van der Waals surface area contributed by atoms with Gasteiger partial charge in [0.1, 0.15) is 12.1 Å². The first-order chi connectivity index (χ1) is 16.5. The van der Waals surface area contributed by atoms with Gasteiger partial charge in [-0.15, -0.1) is 0 Å². The molecule has 2 aliphatic heterocycles. The Morgan fingerprint density at radius 2 is 1.06 bits per heavy atom. The Hall–Kier alpha value is -2.85. The first kappa shape index (κ1) is 24.3. The van der Waals surface area contributed by atoms with Gasteiger partial charge in [0, 0.05) is 50.4 Å². The second-order valence-electron chi connectivity index (χ2n) is 9.48. The van der Waals surface area contributed by atoms with Crippen LogP contribution in [0.15, 0.2) is 59.7 Å². The summed E-state index contributed by atoms with van der Waals surface area (Å²) in [7, 11) is 2.25. The number of anilines is 2. The minimum absolute atomic E-state index is 0.235. The van der Waals surface area contributed by atoms with Crippen LogP contribution in [0.3, 0.4) is 0 Å². The monoisotopic (exact) mass is 458 g/mol. The molecule has 2 bridgehead atoms. The molecule has 4 rings (SSSR count). The van der Waals surface area contributed by atoms with E-state index in [9.17, 15) is 4.79 Å². The molecule has 0 aliphatic carbocycles. The highest BCUT2D eigenvalue weighted by Crippen LogP contribution is 2.31. The number of ketones is 1. The number of piperidine rings is 1. The average molecular weight is 459 g/mol. The van der Waals surface area contributed by atoms with Crippen LogP contribution in [-0.4, -0.2) is 51.1 Å². The number of Topliss-reactive ketones (excluding diaryl/α,β-unsaturated/α-hetero) is 1. The summed E-state index contributed by atoms with van der Waals surface area (Å²) in [5, 5.41) is 0. The summed E-state index contributed by atoms with van der Waals surface area (Å²) >= 11 is 0. The van der Waals surface area contributed by atoms with E-state index in [4.69, 9.17) is 0 Å². The Morgan fingerprint density at radius 1 is 0.706 bits per heavy atom. The molecule has 1 unspecified atom stereocenters. The SMILES string of the molecule is CCN(CC)c1ccc(/C=C2\C(=O)/C(=C\c3ccc(N(CC)CC)cc3)[C@@H]3CC[C@H]2[NH+]3C)cc1. The molecule has 0 amide bonds. The molecular weight excluding hydrogens is 418 g/mol. The molecule has 2 aromatic carbocycles. The molecule has 34 heavy (non-hydrogen) atoms. The third-order valence-electron chi connectivity index (χ3n) is 7.81. The Kier molecular flexibility index (Phi) is 7.57. The normalized spacial score (nSPS) is 24.1. The van der Waals surface area contributed by atoms with Crippen LogP contribution in [0.5, 0.6) is 0 Å². The lowest BCUT2D eigenvalue weighted by Crippen LogP contribution is -3.16. The van der Waals surface area contributed by atoms with Crippen LogP contribution in [0, 0.1) is 0 Å². The van der Waals surface area contributed by atoms with Crippen molar-refractivity contribution in [3.63, 3.8) is 0 Å². The Bertz CT molecular complexity index is 960. The molecule has 0 spiro atoms. The molecular formula is C30H40N3O+. The smallest absolute Gasteiger partial charge is 0.196 e. The van der Waals surface area contributed by atoms with E-state index in [0.717, 1.165) is 61.3 Å². The van der Waals surface area contributed by atoms with Gasteiger partial charge in [0.15, 0.2) is 5.78 Å². The highest BCUT2D eigenvalue weighted by Gasteiger charge is 2.48. The molecule has 3 atom stereocenters. The van der Waals surface area contributed by atoms with Gasteiger partial charge < -0.3 is 14.7 Å². The lowest BCUT2D eigenvalue weighted by Gasteiger charge is -2.31. The molecule has 0 radical (unpaired) electrons. The van der Waals surface area contributed by atoms with Crippen molar-refractivity contribution in [2.45, 2.75) is 52.6 Å². The van der Waals surface area contributed by atoms with Crippen LogP contribution >= 0.6 is 0 Å².